The second-order valence-electron chi connectivity index (χ2n) is 8.19. The lowest BCUT2D eigenvalue weighted by Gasteiger charge is -2.17. The number of amides is 1. The Hall–Kier alpha value is -3.00. The van der Waals surface area contributed by atoms with Crippen molar-refractivity contribution < 1.29 is 9.53 Å². The minimum absolute atomic E-state index is 0.0660. The number of nitrogens with one attached hydrogen (secondary N) is 1. The number of nitrogens with zero attached hydrogens (tertiary/aromatic N) is 3. The molecule has 0 fully saturated rings. The molecule has 6 nitrogen and oxygen atoms in total. The molecule has 0 aliphatic rings. The van der Waals surface area contributed by atoms with Gasteiger partial charge in [0.15, 0.2) is 11.0 Å². The van der Waals surface area contributed by atoms with Crippen LogP contribution in [0.4, 0.5) is 0 Å². The second kappa shape index (κ2) is 12.3. The van der Waals surface area contributed by atoms with E-state index >= 15 is 0 Å². The molecule has 4 aromatic rings. The van der Waals surface area contributed by atoms with Gasteiger partial charge in [-0.15, -0.1) is 10.2 Å². The van der Waals surface area contributed by atoms with E-state index in [0.717, 1.165) is 16.9 Å². The molecule has 1 N–H and O–H groups in total. The number of halogens is 2. The van der Waals surface area contributed by atoms with Gasteiger partial charge in [-0.1, -0.05) is 77.4 Å². The van der Waals surface area contributed by atoms with Crippen molar-refractivity contribution in [2.24, 2.45) is 0 Å². The van der Waals surface area contributed by atoms with Gasteiger partial charge in [-0.05, 0) is 54.8 Å². The molecule has 1 unspecified atom stereocenters. The molecule has 1 aromatic heterocycles. The predicted octanol–water partition coefficient (Wildman–Crippen LogP) is 6.69. The Labute approximate surface area is 225 Å². The maximum Gasteiger partial charge on any atom is 0.220 e. The predicted molar refractivity (Wildman–Crippen MR) is 145 cm³/mol. The first-order chi connectivity index (χ1) is 17.4. The number of carbonyl (C=O) groups is 1. The van der Waals surface area contributed by atoms with Crippen molar-refractivity contribution in [1.29, 1.82) is 0 Å². The molecule has 0 aliphatic heterocycles. The molecular formula is C27H26Cl2N4O2S. The Kier molecular flexibility index (Phi) is 8.91. The third kappa shape index (κ3) is 6.60. The zero-order valence-electron chi connectivity index (χ0n) is 19.9. The molecule has 0 aliphatic carbocycles. The number of methoxy groups -OCH3 is 1. The minimum Gasteiger partial charge on any atom is -0.497 e. The van der Waals surface area contributed by atoms with Crippen molar-refractivity contribution in [2.75, 3.05) is 7.11 Å². The normalized spacial score (nSPS) is 11.8. The van der Waals surface area contributed by atoms with Gasteiger partial charge in [0.1, 0.15) is 5.75 Å². The Bertz CT molecular complexity index is 1330. The Morgan fingerprint density at radius 2 is 1.81 bits per heavy atom. The summed E-state index contributed by atoms with van der Waals surface area (Å²) in [6.07, 6.45) is 1.03. The summed E-state index contributed by atoms with van der Waals surface area (Å²) < 4.78 is 7.20. The van der Waals surface area contributed by atoms with Crippen LogP contribution < -0.4 is 10.1 Å². The molecule has 0 saturated carbocycles. The maximum absolute atomic E-state index is 12.7. The Morgan fingerprint density at radius 1 is 1.03 bits per heavy atom. The van der Waals surface area contributed by atoms with E-state index < -0.39 is 6.04 Å². The summed E-state index contributed by atoms with van der Waals surface area (Å²) in [7, 11) is 1.64. The van der Waals surface area contributed by atoms with E-state index in [2.05, 4.69) is 15.5 Å². The zero-order chi connectivity index (χ0) is 25.5. The van der Waals surface area contributed by atoms with E-state index in [1.54, 1.807) is 25.3 Å². The number of rotatable bonds is 10. The van der Waals surface area contributed by atoms with Crippen molar-refractivity contribution in [3.63, 3.8) is 0 Å². The summed E-state index contributed by atoms with van der Waals surface area (Å²) in [6.45, 7) is 1.88. The summed E-state index contributed by atoms with van der Waals surface area (Å²) in [5.74, 6) is 1.94. The van der Waals surface area contributed by atoms with Crippen LogP contribution >= 0.6 is 35.0 Å². The summed E-state index contributed by atoms with van der Waals surface area (Å²) in [4.78, 5) is 12.7. The fraction of sp³-hybridized carbons (Fsp3) is 0.222. The monoisotopic (exact) mass is 540 g/mol. The van der Waals surface area contributed by atoms with Gasteiger partial charge in [-0.2, -0.15) is 0 Å². The van der Waals surface area contributed by atoms with Gasteiger partial charge in [0, 0.05) is 17.2 Å². The smallest absolute Gasteiger partial charge is 0.220 e. The van der Waals surface area contributed by atoms with Crippen LogP contribution in [0.2, 0.25) is 10.0 Å². The van der Waals surface area contributed by atoms with E-state index in [1.165, 1.54) is 11.8 Å². The number of carbonyl (C=O) groups excluding carboxylic acids is 1. The number of thioether (sulfide) groups is 1. The topological polar surface area (TPSA) is 69.0 Å². The van der Waals surface area contributed by atoms with Crippen molar-refractivity contribution in [3.05, 3.63) is 99.8 Å². The number of aromatic nitrogens is 3. The Morgan fingerprint density at radius 3 is 2.58 bits per heavy atom. The SMILES string of the molecule is COc1cccc(CSc2nnc(C(C)NC(=O)CCc3ccccc3)n2-c2cc(Cl)ccc2Cl)c1. The number of hydrogen-bond acceptors (Lipinski definition) is 5. The summed E-state index contributed by atoms with van der Waals surface area (Å²) in [5, 5.41) is 13.6. The van der Waals surface area contributed by atoms with Crippen molar-refractivity contribution in [3.8, 4) is 11.4 Å². The first-order valence-corrected chi connectivity index (χ1v) is 13.2. The van der Waals surface area contributed by atoms with E-state index in [9.17, 15) is 4.79 Å². The lowest BCUT2D eigenvalue weighted by molar-refractivity contribution is -0.121. The third-order valence-corrected chi connectivity index (χ3v) is 7.11. The van der Waals surface area contributed by atoms with E-state index in [-0.39, 0.29) is 5.91 Å². The molecule has 4 rings (SSSR count). The number of aryl methyl sites for hydroxylation is 1. The van der Waals surface area contributed by atoms with Gasteiger partial charge in [0.05, 0.1) is 23.9 Å². The van der Waals surface area contributed by atoms with Crippen LogP contribution in [0.15, 0.2) is 78.0 Å². The van der Waals surface area contributed by atoms with Gasteiger partial charge >= 0.3 is 0 Å². The summed E-state index contributed by atoms with van der Waals surface area (Å²) >= 11 is 14.4. The fourth-order valence-corrected chi connectivity index (χ4v) is 4.99. The van der Waals surface area contributed by atoms with Gasteiger partial charge in [0.25, 0.3) is 0 Å². The van der Waals surface area contributed by atoms with Crippen LogP contribution in [0.3, 0.4) is 0 Å². The summed E-state index contributed by atoms with van der Waals surface area (Å²) in [6, 6.07) is 22.6. The highest BCUT2D eigenvalue weighted by atomic mass is 35.5. The van der Waals surface area contributed by atoms with Crippen LogP contribution in [0, 0.1) is 0 Å². The van der Waals surface area contributed by atoms with Crippen molar-refractivity contribution in [1.82, 2.24) is 20.1 Å². The maximum atomic E-state index is 12.7. The zero-order valence-corrected chi connectivity index (χ0v) is 22.3. The van der Waals surface area contributed by atoms with Gasteiger partial charge in [-0.25, -0.2) is 0 Å². The summed E-state index contributed by atoms with van der Waals surface area (Å²) in [5.41, 5.74) is 2.85. The first kappa shape index (κ1) is 26.1. The molecular weight excluding hydrogens is 515 g/mol. The van der Waals surface area contributed by atoms with Gasteiger partial charge in [-0.3, -0.25) is 9.36 Å². The number of benzene rings is 3. The third-order valence-electron chi connectivity index (χ3n) is 5.56. The second-order valence-corrected chi connectivity index (χ2v) is 9.97. The number of ether oxygens (including phenoxy) is 1. The van der Waals surface area contributed by atoms with Gasteiger partial charge < -0.3 is 10.1 Å². The average molecular weight is 542 g/mol. The molecule has 0 bridgehead atoms. The Balaban J connectivity index is 1.56. The molecule has 9 heteroatoms. The average Bonchev–Trinajstić information content (AvgIpc) is 3.32. The lowest BCUT2D eigenvalue weighted by Crippen LogP contribution is -2.28. The van der Waals surface area contributed by atoms with Crippen molar-refractivity contribution in [2.45, 2.75) is 36.7 Å². The fourth-order valence-electron chi connectivity index (χ4n) is 3.73. The van der Waals surface area contributed by atoms with E-state index in [4.69, 9.17) is 27.9 Å². The van der Waals surface area contributed by atoms with Gasteiger partial charge in [0.2, 0.25) is 5.91 Å². The van der Waals surface area contributed by atoms with Crippen LogP contribution in [0.1, 0.15) is 36.3 Å². The highest BCUT2D eigenvalue weighted by Gasteiger charge is 2.23. The van der Waals surface area contributed by atoms with Crippen LogP contribution in [-0.2, 0) is 17.0 Å². The van der Waals surface area contributed by atoms with Crippen LogP contribution in [0.25, 0.3) is 5.69 Å². The van der Waals surface area contributed by atoms with Crippen LogP contribution in [-0.4, -0.2) is 27.8 Å². The minimum atomic E-state index is -0.401. The number of hydrogen-bond donors (Lipinski definition) is 1. The van der Waals surface area contributed by atoms with Crippen LogP contribution in [0.5, 0.6) is 5.75 Å². The molecule has 3 aromatic carbocycles. The highest BCUT2D eigenvalue weighted by molar-refractivity contribution is 7.98. The van der Waals surface area contributed by atoms with E-state index in [1.807, 2.05) is 66.1 Å². The highest BCUT2D eigenvalue weighted by Crippen LogP contribution is 2.33. The molecule has 36 heavy (non-hydrogen) atoms. The first-order valence-electron chi connectivity index (χ1n) is 11.4. The molecule has 1 amide bonds. The molecule has 0 radical (unpaired) electrons. The molecule has 1 heterocycles. The quantitative estimate of drug-likeness (QED) is 0.227. The standard InChI is InChI=1S/C27H26Cl2N4O2S/c1-18(30-25(34)14-11-19-7-4-3-5-8-19)26-31-32-27(33(26)24-16-21(28)12-13-23(24)29)36-17-20-9-6-10-22(15-20)35-2/h3-10,12-13,15-16,18H,11,14,17H2,1-2H3,(H,30,34). The van der Waals surface area contributed by atoms with Crippen molar-refractivity contribution >= 4 is 40.9 Å². The van der Waals surface area contributed by atoms with E-state index in [0.29, 0.717) is 45.3 Å². The lowest BCUT2D eigenvalue weighted by atomic mass is 10.1. The molecule has 1 atom stereocenters. The molecule has 0 spiro atoms. The molecule has 0 saturated heterocycles. The largest absolute Gasteiger partial charge is 0.497 e. The molecule has 186 valence electrons.